The van der Waals surface area contributed by atoms with E-state index < -0.39 is 0 Å². The van der Waals surface area contributed by atoms with E-state index in [9.17, 15) is 0 Å². The zero-order valence-electron chi connectivity index (χ0n) is 10.3. The first-order valence-electron chi connectivity index (χ1n) is 5.57. The summed E-state index contributed by atoms with van der Waals surface area (Å²) < 4.78 is 11.2. The average molecular weight is 213 g/mol. The lowest BCUT2D eigenvalue weighted by Gasteiger charge is -2.39. The van der Waals surface area contributed by atoms with Gasteiger partial charge in [0.15, 0.2) is 0 Å². The van der Waals surface area contributed by atoms with Crippen LogP contribution in [0.1, 0.15) is 20.3 Å². The van der Waals surface area contributed by atoms with Crippen molar-refractivity contribution in [2.45, 2.75) is 32.0 Å². The van der Waals surface area contributed by atoms with Crippen LogP contribution >= 0.6 is 0 Å². The maximum atomic E-state index is 5.99. The van der Waals surface area contributed by atoms with Crippen LogP contribution < -0.4 is 0 Å². The highest BCUT2D eigenvalue weighted by molar-refractivity contribution is 4.99. The summed E-state index contributed by atoms with van der Waals surface area (Å²) in [6, 6.07) is 0.323. The van der Waals surface area contributed by atoms with Crippen molar-refractivity contribution in [2.75, 3.05) is 27.4 Å². The Kier molecular flexibility index (Phi) is 4.32. The predicted molar refractivity (Wildman–Crippen MR) is 61.8 cm³/mol. The Morgan fingerprint density at radius 2 is 2.33 bits per heavy atom. The molecule has 1 heterocycles. The molecule has 2 atom stereocenters. The van der Waals surface area contributed by atoms with Gasteiger partial charge in [-0.1, -0.05) is 19.9 Å². The largest absolute Gasteiger partial charge is 0.385 e. The van der Waals surface area contributed by atoms with Crippen molar-refractivity contribution >= 4 is 0 Å². The maximum absolute atomic E-state index is 5.99. The van der Waals surface area contributed by atoms with Crippen molar-refractivity contribution in [3.8, 4) is 0 Å². The molecule has 0 saturated carbocycles. The molecule has 1 aliphatic heterocycles. The lowest BCUT2D eigenvalue weighted by molar-refractivity contribution is -0.123. The van der Waals surface area contributed by atoms with Crippen molar-refractivity contribution in [2.24, 2.45) is 5.92 Å². The van der Waals surface area contributed by atoms with E-state index in [2.05, 4.69) is 32.4 Å². The molecule has 0 amide bonds. The summed E-state index contributed by atoms with van der Waals surface area (Å²) in [6.07, 6.45) is 2.86. The Morgan fingerprint density at radius 3 is 2.73 bits per heavy atom. The van der Waals surface area contributed by atoms with Gasteiger partial charge in [-0.3, -0.25) is 4.90 Å². The molecule has 0 aliphatic carbocycles. The molecule has 15 heavy (non-hydrogen) atoms. The highest BCUT2D eigenvalue weighted by atomic mass is 16.5. The van der Waals surface area contributed by atoms with Gasteiger partial charge in [-0.15, -0.1) is 6.58 Å². The van der Waals surface area contributed by atoms with Crippen molar-refractivity contribution < 1.29 is 9.47 Å². The Balaban J connectivity index is 2.78. The smallest absolute Gasteiger partial charge is 0.126 e. The number of nitrogens with zero attached hydrogens (tertiary/aromatic N) is 1. The van der Waals surface area contributed by atoms with Crippen LogP contribution in [0.4, 0.5) is 0 Å². The lowest BCUT2D eigenvalue weighted by Crippen LogP contribution is -2.50. The molecule has 1 saturated heterocycles. The van der Waals surface area contributed by atoms with Gasteiger partial charge in [0, 0.05) is 13.5 Å². The number of rotatable bonds is 5. The number of methoxy groups -OCH3 is 1. The second kappa shape index (κ2) is 5.10. The summed E-state index contributed by atoms with van der Waals surface area (Å²) in [5, 5.41) is 0. The van der Waals surface area contributed by atoms with E-state index in [1.807, 2.05) is 6.08 Å². The maximum Gasteiger partial charge on any atom is 0.126 e. The summed E-state index contributed by atoms with van der Waals surface area (Å²) in [5.41, 5.74) is -0.186. The number of likely N-dealkylation sites (N-methyl/N-ethyl adjacent to an activating group) is 1. The molecule has 3 nitrogen and oxygen atoms in total. The van der Waals surface area contributed by atoms with Gasteiger partial charge in [-0.2, -0.15) is 0 Å². The molecule has 0 unspecified atom stereocenters. The molecule has 1 aliphatic rings. The third kappa shape index (κ3) is 2.25. The fourth-order valence-corrected chi connectivity index (χ4v) is 2.31. The minimum atomic E-state index is -0.186. The molecule has 88 valence electrons. The predicted octanol–water partition coefficient (Wildman–Crippen LogP) is 1.89. The van der Waals surface area contributed by atoms with E-state index in [0.29, 0.717) is 12.0 Å². The Bertz CT molecular complexity index is 218. The average Bonchev–Trinajstić information content (AvgIpc) is 2.53. The molecule has 0 radical (unpaired) electrons. The van der Waals surface area contributed by atoms with Gasteiger partial charge in [-0.05, 0) is 13.0 Å². The first-order chi connectivity index (χ1) is 7.08. The SMILES string of the molecule is C=C[C@@H]1CO[C@@](CCOC)(C(C)C)N1C. The van der Waals surface area contributed by atoms with Gasteiger partial charge >= 0.3 is 0 Å². The van der Waals surface area contributed by atoms with E-state index in [1.54, 1.807) is 7.11 Å². The van der Waals surface area contributed by atoms with Crippen LogP contribution in [-0.4, -0.2) is 44.0 Å². The lowest BCUT2D eigenvalue weighted by atomic mass is 9.94. The first-order valence-corrected chi connectivity index (χ1v) is 5.57. The van der Waals surface area contributed by atoms with E-state index >= 15 is 0 Å². The summed E-state index contributed by atoms with van der Waals surface area (Å²) >= 11 is 0. The Morgan fingerprint density at radius 1 is 1.67 bits per heavy atom. The van der Waals surface area contributed by atoms with Gasteiger partial charge in [-0.25, -0.2) is 0 Å². The van der Waals surface area contributed by atoms with Crippen LogP contribution in [0.5, 0.6) is 0 Å². The summed E-state index contributed by atoms with van der Waals surface area (Å²) in [4.78, 5) is 2.28. The van der Waals surface area contributed by atoms with Crippen LogP contribution in [0.3, 0.4) is 0 Å². The third-order valence-corrected chi connectivity index (χ3v) is 3.44. The summed E-state index contributed by atoms with van der Waals surface area (Å²) in [7, 11) is 3.84. The van der Waals surface area contributed by atoms with Crippen molar-refractivity contribution in [3.05, 3.63) is 12.7 Å². The van der Waals surface area contributed by atoms with E-state index in [0.717, 1.165) is 19.6 Å². The molecular formula is C12H23NO2. The monoisotopic (exact) mass is 213 g/mol. The molecule has 0 N–H and O–H groups in total. The molecule has 3 heteroatoms. The van der Waals surface area contributed by atoms with Crippen LogP contribution in [0, 0.1) is 5.92 Å². The van der Waals surface area contributed by atoms with Crippen LogP contribution in [0.25, 0.3) is 0 Å². The van der Waals surface area contributed by atoms with Gasteiger partial charge in [0.05, 0.1) is 19.3 Å². The van der Waals surface area contributed by atoms with Crippen molar-refractivity contribution in [1.29, 1.82) is 0 Å². The van der Waals surface area contributed by atoms with E-state index in [4.69, 9.17) is 9.47 Å². The van der Waals surface area contributed by atoms with Crippen molar-refractivity contribution in [1.82, 2.24) is 4.90 Å². The number of hydrogen-bond acceptors (Lipinski definition) is 3. The standard InChI is InChI=1S/C12H23NO2/c1-6-11-9-15-12(10(2)3,13(11)4)7-8-14-5/h6,10-11H,1,7-9H2,2-5H3/t11-,12+/m1/s1. The molecule has 0 aromatic carbocycles. The Labute approximate surface area is 93.0 Å². The molecule has 1 fully saturated rings. The zero-order valence-corrected chi connectivity index (χ0v) is 10.3. The number of hydrogen-bond donors (Lipinski definition) is 0. The van der Waals surface area contributed by atoms with E-state index in [1.165, 1.54) is 0 Å². The van der Waals surface area contributed by atoms with Gasteiger partial charge in [0.25, 0.3) is 0 Å². The fourth-order valence-electron chi connectivity index (χ4n) is 2.31. The third-order valence-electron chi connectivity index (χ3n) is 3.44. The fraction of sp³-hybridized carbons (Fsp3) is 0.833. The minimum absolute atomic E-state index is 0.186. The van der Waals surface area contributed by atoms with E-state index in [-0.39, 0.29) is 5.72 Å². The van der Waals surface area contributed by atoms with Gasteiger partial charge < -0.3 is 9.47 Å². The molecular weight excluding hydrogens is 190 g/mol. The molecule has 0 aromatic rings. The zero-order chi connectivity index (χ0) is 11.5. The number of ether oxygens (including phenoxy) is 2. The second-order valence-corrected chi connectivity index (χ2v) is 4.47. The topological polar surface area (TPSA) is 21.7 Å². The first kappa shape index (κ1) is 12.7. The molecule has 0 spiro atoms. The normalized spacial score (nSPS) is 32.5. The van der Waals surface area contributed by atoms with Gasteiger partial charge in [0.2, 0.25) is 0 Å². The van der Waals surface area contributed by atoms with Crippen LogP contribution in [0.2, 0.25) is 0 Å². The molecule has 0 bridgehead atoms. The van der Waals surface area contributed by atoms with Crippen molar-refractivity contribution in [3.63, 3.8) is 0 Å². The highest BCUT2D eigenvalue weighted by Gasteiger charge is 2.46. The minimum Gasteiger partial charge on any atom is -0.385 e. The Hall–Kier alpha value is -0.380. The van der Waals surface area contributed by atoms with Gasteiger partial charge in [0.1, 0.15) is 5.72 Å². The summed E-state index contributed by atoms with van der Waals surface area (Å²) in [6.45, 7) is 9.70. The molecule has 1 rings (SSSR count). The second-order valence-electron chi connectivity index (χ2n) is 4.47. The molecule has 0 aromatic heterocycles. The van der Waals surface area contributed by atoms with Crippen LogP contribution in [-0.2, 0) is 9.47 Å². The quantitative estimate of drug-likeness (QED) is 0.651. The highest BCUT2D eigenvalue weighted by Crippen LogP contribution is 2.36. The van der Waals surface area contributed by atoms with Crippen LogP contribution in [0.15, 0.2) is 12.7 Å². The summed E-state index contributed by atoms with van der Waals surface area (Å²) in [5.74, 6) is 0.447.